The molecular formula is C126H76Y3-6. The van der Waals surface area contributed by atoms with Crippen LogP contribution in [0.1, 0.15) is 0 Å². The minimum atomic E-state index is 0. The monoisotopic (exact) mass is 1860 g/mol. The largest absolute Gasteiger partial charge is 0.226 e. The molecule has 0 aliphatic heterocycles. The van der Waals surface area contributed by atoms with E-state index in [1.54, 1.807) is 0 Å². The second-order valence-corrected chi connectivity index (χ2v) is 32.5. The Hall–Kier alpha value is -13.1. The molecule has 25 aromatic rings. The zero-order valence-corrected chi connectivity index (χ0v) is 79.1. The minimum Gasteiger partial charge on any atom is -0.226 e. The van der Waals surface area contributed by atoms with Gasteiger partial charge >= 0.3 is 0 Å². The fraction of sp³-hybridized carbons (Fsp3) is 0. The Kier molecular flexibility index (Phi) is 24.1. The maximum absolute atomic E-state index is 3.67. The Balaban J connectivity index is 0.000000120. The Bertz CT molecular complexity index is 8390. The van der Waals surface area contributed by atoms with Crippen LogP contribution in [-0.4, -0.2) is 0 Å². The number of benzene rings is 25. The third-order valence-electron chi connectivity index (χ3n) is 25.3. The van der Waals surface area contributed by atoms with Gasteiger partial charge in [-0.1, -0.05) is 367 Å². The zero-order valence-electron chi connectivity index (χ0n) is 70.6. The van der Waals surface area contributed by atoms with E-state index in [9.17, 15) is 0 Å². The van der Waals surface area contributed by atoms with Crippen molar-refractivity contribution in [1.82, 2.24) is 0 Å². The summed E-state index contributed by atoms with van der Waals surface area (Å²) in [5.41, 5.74) is 23.7. The molecule has 0 saturated carbocycles. The van der Waals surface area contributed by atoms with Crippen LogP contribution in [0.4, 0.5) is 0 Å². The summed E-state index contributed by atoms with van der Waals surface area (Å²) in [6.45, 7) is 0. The molecule has 0 saturated heterocycles. The summed E-state index contributed by atoms with van der Waals surface area (Å²) in [6.07, 6.45) is 0. The van der Waals surface area contributed by atoms with Crippen LogP contribution in [-0.2, 0) is 98.1 Å². The molecule has 595 valence electrons. The molecule has 3 radical (unpaired) electrons. The van der Waals surface area contributed by atoms with Crippen LogP contribution in [0.3, 0.4) is 0 Å². The molecule has 25 aromatic carbocycles. The SMILES string of the molecule is [Y].[Y].[Y].[c-]1cc(-c2c3ccccc3c(-c3cccc4ccccc34)c3ccccc23)ccc1-c1[c-]ccc2ccccc12.[c-]1ccccc1-c1[c-]c2ccccc2c(-c2c3ccccc3c(-c3ccc4ccccc4c3)c3ccccc23)c1.[c-]1ccccc1-c1[c-]c2ccccc2c(-c2ccc(-c3c4ccccc4c(-c4ccc5ccccc5c4)c4ccccc34)cc2)c1. The third kappa shape index (κ3) is 15.8. The van der Waals surface area contributed by atoms with E-state index in [1.165, 1.54) is 196 Å². The molecule has 0 N–H and O–H groups in total. The van der Waals surface area contributed by atoms with Crippen molar-refractivity contribution in [3.8, 4) is 111 Å². The molecule has 0 heterocycles. The van der Waals surface area contributed by atoms with Crippen molar-refractivity contribution in [2.75, 3.05) is 0 Å². The first kappa shape index (κ1) is 84.1. The molecule has 0 aromatic heterocycles. The summed E-state index contributed by atoms with van der Waals surface area (Å²) >= 11 is 0. The van der Waals surface area contributed by atoms with Gasteiger partial charge in [0, 0.05) is 98.1 Å². The summed E-state index contributed by atoms with van der Waals surface area (Å²) in [4.78, 5) is 0. The summed E-state index contributed by atoms with van der Waals surface area (Å²) < 4.78 is 0. The van der Waals surface area contributed by atoms with E-state index >= 15 is 0 Å². The van der Waals surface area contributed by atoms with Gasteiger partial charge in [-0.05, 0) is 170 Å². The van der Waals surface area contributed by atoms with E-state index in [0.717, 1.165) is 44.2 Å². The molecule has 0 amide bonds. The van der Waals surface area contributed by atoms with E-state index < -0.39 is 0 Å². The third-order valence-corrected chi connectivity index (χ3v) is 25.3. The molecule has 3 heteroatoms. The standard InChI is InChI=1S/C46H28.2C40H24.3Y/c1-2-12-31(13-3-1)38-29-36-16-6-7-17-39(36)44(30-38)33-23-25-34(26-24-33)45-40-18-8-10-20-42(40)46(43-21-11-9-19-41(43)45)37-27-22-32-14-4-5-15-35(32)28-37;1-3-15-31-27(11-1)13-9-21-32(31)29-23-25-30(26-24-29)39-35-17-5-7-19-37(35)40(38-20-8-6-18-36(38)39)34-22-10-14-28-12-2-4-16-33(28)34;1-2-12-27(13-3-1)32-25-30-16-6-7-17-33(30)38(26-32)40-36-20-10-8-18-34(36)39(35-19-9-11-21-37(35)40)31-23-22-28-14-4-5-15-29(28)24-31;;;/h1-12,14-28,30H;1-20,22-23,25-26H;1-12,14-24,26H;;;/q3*-2;;;. The summed E-state index contributed by atoms with van der Waals surface area (Å²) in [7, 11) is 0. The molecule has 0 aliphatic carbocycles. The number of fused-ring (bicyclic) bond motifs is 12. The van der Waals surface area contributed by atoms with Crippen molar-refractivity contribution in [2.45, 2.75) is 0 Å². The van der Waals surface area contributed by atoms with Crippen LogP contribution in [0.15, 0.2) is 461 Å². The van der Waals surface area contributed by atoms with Crippen molar-refractivity contribution >= 4 is 129 Å². The molecule has 0 aliphatic rings. The summed E-state index contributed by atoms with van der Waals surface area (Å²) in [6, 6.07) is 187. The Labute approximate surface area is 826 Å². The smallest absolute Gasteiger partial charge is 0 e. The number of hydrogen-bond acceptors (Lipinski definition) is 0. The van der Waals surface area contributed by atoms with Crippen molar-refractivity contribution in [3.63, 3.8) is 0 Å². The second kappa shape index (κ2) is 37.0. The normalized spacial score (nSPS) is 11.2. The van der Waals surface area contributed by atoms with Crippen molar-refractivity contribution in [3.05, 3.63) is 497 Å². The Morgan fingerprint density at radius 3 is 0.915 bits per heavy atom. The van der Waals surface area contributed by atoms with Gasteiger partial charge in [-0.2, -0.15) is 108 Å². The fourth-order valence-electron chi connectivity index (χ4n) is 19.6. The van der Waals surface area contributed by atoms with Crippen molar-refractivity contribution in [2.24, 2.45) is 0 Å². The topological polar surface area (TPSA) is 0 Å². The molecule has 0 fully saturated rings. The summed E-state index contributed by atoms with van der Waals surface area (Å²) in [5, 5.41) is 29.7. The van der Waals surface area contributed by atoms with Crippen LogP contribution in [0.2, 0.25) is 0 Å². The first-order valence-electron chi connectivity index (χ1n) is 43.2. The van der Waals surface area contributed by atoms with E-state index in [2.05, 4.69) is 467 Å². The number of rotatable bonds is 10. The first-order chi connectivity index (χ1) is 62.5. The summed E-state index contributed by atoms with van der Waals surface area (Å²) in [5.74, 6) is 0. The molecule has 129 heavy (non-hydrogen) atoms. The maximum Gasteiger partial charge on any atom is 0 e. The van der Waals surface area contributed by atoms with E-state index in [-0.39, 0.29) is 98.1 Å². The van der Waals surface area contributed by atoms with Gasteiger partial charge in [-0.3, -0.25) is 0 Å². The Morgan fingerprint density at radius 1 is 0.147 bits per heavy atom. The van der Waals surface area contributed by atoms with Gasteiger partial charge in [0.05, 0.1) is 0 Å². The van der Waals surface area contributed by atoms with Gasteiger partial charge in [-0.15, -0.1) is 70.1 Å². The number of hydrogen-bond donors (Lipinski definition) is 0. The van der Waals surface area contributed by atoms with Gasteiger partial charge in [0.2, 0.25) is 0 Å². The predicted octanol–water partition coefficient (Wildman–Crippen LogP) is 34.4. The van der Waals surface area contributed by atoms with Crippen LogP contribution >= 0.6 is 0 Å². The van der Waals surface area contributed by atoms with E-state index in [1.807, 2.05) is 30.3 Å². The quantitative estimate of drug-likeness (QED) is 0.0946. The van der Waals surface area contributed by atoms with Gasteiger partial charge in [0.15, 0.2) is 0 Å². The second-order valence-electron chi connectivity index (χ2n) is 32.5. The van der Waals surface area contributed by atoms with Gasteiger partial charge in [-0.25, -0.2) is 22.3 Å². The molecule has 0 atom stereocenters. The van der Waals surface area contributed by atoms with Crippen LogP contribution in [0.5, 0.6) is 0 Å². The first-order valence-corrected chi connectivity index (χ1v) is 43.2. The van der Waals surface area contributed by atoms with Crippen LogP contribution in [0, 0.1) is 36.4 Å². The maximum atomic E-state index is 3.67. The van der Waals surface area contributed by atoms with Gasteiger partial charge < -0.3 is 0 Å². The van der Waals surface area contributed by atoms with Crippen molar-refractivity contribution < 1.29 is 98.1 Å². The van der Waals surface area contributed by atoms with E-state index in [4.69, 9.17) is 0 Å². The molecule has 0 bridgehead atoms. The predicted molar refractivity (Wildman–Crippen MR) is 537 cm³/mol. The molecule has 0 spiro atoms. The van der Waals surface area contributed by atoms with Crippen molar-refractivity contribution in [1.29, 1.82) is 0 Å². The molecule has 0 nitrogen and oxygen atoms in total. The molecule has 0 unspecified atom stereocenters. The van der Waals surface area contributed by atoms with Gasteiger partial charge in [0.25, 0.3) is 0 Å². The molecular weight excluding hydrogens is 1780 g/mol. The average Bonchev–Trinajstić information content (AvgIpc) is 0.738. The van der Waals surface area contributed by atoms with E-state index in [0.29, 0.717) is 0 Å². The van der Waals surface area contributed by atoms with Crippen LogP contribution < -0.4 is 0 Å². The minimum absolute atomic E-state index is 0. The average molecular weight is 1860 g/mol. The Morgan fingerprint density at radius 2 is 0.473 bits per heavy atom. The van der Waals surface area contributed by atoms with Crippen LogP contribution in [0.25, 0.3) is 241 Å². The fourth-order valence-corrected chi connectivity index (χ4v) is 19.6. The molecule has 25 rings (SSSR count). The zero-order chi connectivity index (χ0) is 83.4. The van der Waals surface area contributed by atoms with Gasteiger partial charge in [0.1, 0.15) is 0 Å².